The fourth-order valence-corrected chi connectivity index (χ4v) is 4.02. The Morgan fingerprint density at radius 2 is 1.68 bits per heavy atom. The fourth-order valence-electron chi connectivity index (χ4n) is 3.85. The summed E-state index contributed by atoms with van der Waals surface area (Å²) in [5.74, 6) is -1.54. The van der Waals surface area contributed by atoms with Crippen molar-refractivity contribution in [3.63, 3.8) is 0 Å². The molecule has 1 aliphatic rings. The Morgan fingerprint density at radius 3 is 2.32 bits per heavy atom. The van der Waals surface area contributed by atoms with E-state index >= 15 is 0 Å². The van der Waals surface area contributed by atoms with Crippen molar-refractivity contribution in [3.05, 3.63) is 70.7 Å². The van der Waals surface area contributed by atoms with Gasteiger partial charge in [-0.15, -0.1) is 0 Å². The molecule has 0 atom stereocenters. The summed E-state index contributed by atoms with van der Waals surface area (Å²) in [7, 11) is 1.45. The molecule has 3 aromatic rings. The normalized spacial score (nSPS) is 12.6. The van der Waals surface area contributed by atoms with Crippen LogP contribution >= 0.6 is 11.6 Å². The Balaban J connectivity index is 1.29. The highest BCUT2D eigenvalue weighted by atomic mass is 35.5. The van der Waals surface area contributed by atoms with Gasteiger partial charge in [0.2, 0.25) is 0 Å². The van der Waals surface area contributed by atoms with E-state index in [0.717, 1.165) is 10.3 Å². The number of esters is 1. The minimum Gasteiger partial charge on any atom is -0.495 e. The smallest absolute Gasteiger partial charge is 0.306 e. The number of carbonyl (C=O) groups is 4. The summed E-state index contributed by atoms with van der Waals surface area (Å²) in [4.78, 5) is 51.1. The van der Waals surface area contributed by atoms with Gasteiger partial charge in [-0.2, -0.15) is 0 Å². The zero-order valence-corrected chi connectivity index (χ0v) is 19.1. The Kier molecular flexibility index (Phi) is 6.79. The van der Waals surface area contributed by atoms with Crippen molar-refractivity contribution in [2.75, 3.05) is 25.6 Å². The quantitative estimate of drug-likeness (QED) is 0.385. The second-order valence-electron chi connectivity index (χ2n) is 7.63. The lowest BCUT2D eigenvalue weighted by Gasteiger charge is -2.27. The number of methoxy groups -OCH3 is 1. The highest BCUT2D eigenvalue weighted by molar-refractivity contribution is 6.31. The third-order valence-electron chi connectivity index (χ3n) is 5.42. The first-order chi connectivity index (χ1) is 16.4. The number of amides is 3. The summed E-state index contributed by atoms with van der Waals surface area (Å²) in [5, 5.41) is 4.46. The van der Waals surface area contributed by atoms with Crippen LogP contribution in [0.2, 0.25) is 5.02 Å². The molecule has 0 saturated carbocycles. The van der Waals surface area contributed by atoms with Gasteiger partial charge in [-0.05, 0) is 42.1 Å². The van der Waals surface area contributed by atoms with Gasteiger partial charge in [0.15, 0.2) is 6.61 Å². The zero-order chi connectivity index (χ0) is 24.2. The molecular weight excluding hydrogens is 460 g/mol. The highest BCUT2D eigenvalue weighted by Gasteiger charge is 2.32. The number of benzene rings is 3. The number of imide groups is 1. The Bertz CT molecular complexity index is 1260. The maximum absolute atomic E-state index is 12.9. The molecule has 0 spiro atoms. The monoisotopic (exact) mass is 480 g/mol. The fraction of sp³-hybridized carbons (Fsp3) is 0.200. The molecule has 1 aliphatic heterocycles. The Hall–Kier alpha value is -3.91. The number of nitrogens with one attached hydrogen (secondary N) is 1. The summed E-state index contributed by atoms with van der Waals surface area (Å²) in [6.45, 7) is -0.436. The van der Waals surface area contributed by atoms with Gasteiger partial charge in [-0.3, -0.25) is 24.1 Å². The summed E-state index contributed by atoms with van der Waals surface area (Å²) >= 11 is 5.93. The lowest BCUT2D eigenvalue weighted by atomic mass is 9.94. The van der Waals surface area contributed by atoms with Crippen LogP contribution in [0.4, 0.5) is 5.69 Å². The van der Waals surface area contributed by atoms with Crippen molar-refractivity contribution in [3.8, 4) is 5.75 Å². The summed E-state index contributed by atoms with van der Waals surface area (Å²) < 4.78 is 10.2. The van der Waals surface area contributed by atoms with Crippen molar-refractivity contribution in [1.82, 2.24) is 4.90 Å². The van der Waals surface area contributed by atoms with E-state index in [9.17, 15) is 19.2 Å². The van der Waals surface area contributed by atoms with E-state index in [1.165, 1.54) is 13.2 Å². The summed E-state index contributed by atoms with van der Waals surface area (Å²) in [6, 6.07) is 15.4. The zero-order valence-electron chi connectivity index (χ0n) is 18.3. The molecular formula is C25H21ClN2O6. The Labute approximate surface area is 200 Å². The van der Waals surface area contributed by atoms with E-state index in [2.05, 4.69) is 5.32 Å². The van der Waals surface area contributed by atoms with Crippen molar-refractivity contribution in [1.29, 1.82) is 0 Å². The highest BCUT2D eigenvalue weighted by Crippen LogP contribution is 2.30. The van der Waals surface area contributed by atoms with Crippen molar-refractivity contribution in [2.24, 2.45) is 0 Å². The van der Waals surface area contributed by atoms with Crippen molar-refractivity contribution >= 4 is 51.8 Å². The average molecular weight is 481 g/mol. The number of anilines is 1. The van der Waals surface area contributed by atoms with Gasteiger partial charge in [0.25, 0.3) is 17.7 Å². The summed E-state index contributed by atoms with van der Waals surface area (Å²) in [5.41, 5.74) is 1.28. The predicted octanol–water partition coefficient (Wildman–Crippen LogP) is 4.06. The van der Waals surface area contributed by atoms with Crippen molar-refractivity contribution < 1.29 is 28.7 Å². The van der Waals surface area contributed by atoms with Crippen LogP contribution in [0, 0.1) is 0 Å². The maximum Gasteiger partial charge on any atom is 0.306 e. The number of hydrogen-bond acceptors (Lipinski definition) is 6. The van der Waals surface area contributed by atoms with E-state index in [0.29, 0.717) is 33.0 Å². The van der Waals surface area contributed by atoms with Crippen LogP contribution in [0.3, 0.4) is 0 Å². The first-order valence-electron chi connectivity index (χ1n) is 10.6. The SMILES string of the molecule is COc1ccc(Cl)cc1NC(=O)COC(=O)CCCN1C(=O)c2cccc3cccc(c23)C1=O. The molecule has 3 amide bonds. The molecule has 9 heteroatoms. The van der Waals surface area contributed by atoms with Gasteiger partial charge in [0, 0.05) is 34.5 Å². The van der Waals surface area contributed by atoms with Gasteiger partial charge in [-0.25, -0.2) is 0 Å². The Morgan fingerprint density at radius 1 is 1.00 bits per heavy atom. The molecule has 4 rings (SSSR count). The van der Waals surface area contributed by atoms with Crippen LogP contribution in [0.15, 0.2) is 54.6 Å². The largest absolute Gasteiger partial charge is 0.495 e. The molecule has 0 unspecified atom stereocenters. The first kappa shape index (κ1) is 23.3. The standard InChI is InChI=1S/C25H21ClN2O6/c1-33-20-11-10-16(26)13-19(20)27-21(29)14-34-22(30)9-4-12-28-24(31)17-7-2-5-15-6-3-8-18(23(15)17)25(28)32/h2-3,5-8,10-11,13H,4,9,12,14H2,1H3,(H,27,29). The van der Waals surface area contributed by atoms with Crippen LogP contribution in [0.1, 0.15) is 33.6 Å². The van der Waals surface area contributed by atoms with Gasteiger partial charge in [0.05, 0.1) is 12.8 Å². The number of carbonyl (C=O) groups excluding carboxylic acids is 4. The van der Waals surface area contributed by atoms with Crippen LogP contribution in [-0.2, 0) is 14.3 Å². The number of halogens is 1. The van der Waals surface area contributed by atoms with Crippen LogP contribution in [0.25, 0.3) is 10.8 Å². The number of hydrogen-bond donors (Lipinski definition) is 1. The number of nitrogens with zero attached hydrogens (tertiary/aromatic N) is 1. The molecule has 8 nitrogen and oxygen atoms in total. The van der Waals surface area contributed by atoms with Crippen LogP contribution in [-0.4, -0.2) is 48.9 Å². The second-order valence-corrected chi connectivity index (χ2v) is 8.06. The van der Waals surface area contributed by atoms with Crippen molar-refractivity contribution in [2.45, 2.75) is 12.8 Å². The number of ether oxygens (including phenoxy) is 2. The molecule has 0 aromatic heterocycles. The lowest BCUT2D eigenvalue weighted by molar-refractivity contribution is -0.147. The lowest BCUT2D eigenvalue weighted by Crippen LogP contribution is -2.41. The van der Waals surface area contributed by atoms with E-state index in [1.54, 1.807) is 36.4 Å². The molecule has 1 N–H and O–H groups in total. The van der Waals surface area contributed by atoms with E-state index in [1.807, 2.05) is 12.1 Å². The second kappa shape index (κ2) is 9.93. The van der Waals surface area contributed by atoms with E-state index in [-0.39, 0.29) is 19.4 Å². The third kappa shape index (κ3) is 4.72. The first-order valence-corrected chi connectivity index (χ1v) is 10.9. The molecule has 0 radical (unpaired) electrons. The summed E-state index contributed by atoms with van der Waals surface area (Å²) in [6.07, 6.45) is 0.148. The maximum atomic E-state index is 12.9. The molecule has 0 aliphatic carbocycles. The molecule has 3 aromatic carbocycles. The molecule has 0 bridgehead atoms. The predicted molar refractivity (Wildman–Crippen MR) is 126 cm³/mol. The van der Waals surface area contributed by atoms with Gasteiger partial charge in [0.1, 0.15) is 5.75 Å². The van der Waals surface area contributed by atoms with Crippen LogP contribution < -0.4 is 10.1 Å². The van der Waals surface area contributed by atoms with E-state index in [4.69, 9.17) is 21.1 Å². The minimum atomic E-state index is -0.618. The average Bonchev–Trinajstić information content (AvgIpc) is 2.83. The van der Waals surface area contributed by atoms with Gasteiger partial charge < -0.3 is 14.8 Å². The van der Waals surface area contributed by atoms with Crippen LogP contribution in [0.5, 0.6) is 5.75 Å². The van der Waals surface area contributed by atoms with Gasteiger partial charge in [-0.1, -0.05) is 35.9 Å². The molecule has 0 fully saturated rings. The molecule has 34 heavy (non-hydrogen) atoms. The molecule has 174 valence electrons. The third-order valence-corrected chi connectivity index (χ3v) is 5.65. The molecule has 1 heterocycles. The van der Waals surface area contributed by atoms with Gasteiger partial charge >= 0.3 is 5.97 Å². The molecule has 0 saturated heterocycles. The number of rotatable bonds is 8. The topological polar surface area (TPSA) is 102 Å². The van der Waals surface area contributed by atoms with E-state index < -0.39 is 30.3 Å². The minimum absolute atomic E-state index is 0.0589.